The number of anilines is 2. The Balaban J connectivity index is 1.55. The van der Waals surface area contributed by atoms with E-state index in [4.69, 9.17) is 21.1 Å². The molecule has 1 heterocycles. The number of ether oxygens (including phenoxy) is 2. The summed E-state index contributed by atoms with van der Waals surface area (Å²) in [7, 11) is 3.17. The second-order valence-electron chi connectivity index (χ2n) is 6.58. The Bertz CT molecular complexity index is 1060. The van der Waals surface area contributed by atoms with Crippen molar-refractivity contribution in [2.75, 3.05) is 19.5 Å². The number of carbonyl (C=O) groups excluding carboxylic acids is 1. The van der Waals surface area contributed by atoms with Crippen molar-refractivity contribution in [2.24, 2.45) is 0 Å². The first-order valence-electron chi connectivity index (χ1n) is 9.42. The highest BCUT2D eigenvalue weighted by Crippen LogP contribution is 2.32. The average molecular weight is 479 g/mol. The maximum Gasteiger partial charge on any atom is 0.233 e. The molecule has 7 nitrogen and oxygen atoms in total. The first kappa shape index (κ1) is 23.2. The van der Waals surface area contributed by atoms with E-state index < -0.39 is 0 Å². The van der Waals surface area contributed by atoms with Crippen LogP contribution >= 0.6 is 34.7 Å². The van der Waals surface area contributed by atoms with Crippen LogP contribution in [0.3, 0.4) is 0 Å². The van der Waals surface area contributed by atoms with Gasteiger partial charge in [-0.2, -0.15) is 0 Å². The van der Waals surface area contributed by atoms with Crippen molar-refractivity contribution >= 4 is 51.4 Å². The molecule has 2 N–H and O–H groups in total. The Kier molecular flexibility index (Phi) is 8.00. The number of nitrogens with one attached hydrogen (secondary N) is 2. The number of aromatic nitrogens is 2. The smallest absolute Gasteiger partial charge is 0.233 e. The van der Waals surface area contributed by atoms with Crippen molar-refractivity contribution < 1.29 is 14.3 Å². The number of rotatable bonds is 9. The number of hydrogen-bond donors (Lipinski definition) is 2. The molecular formula is C21H23ClN4O3S2. The molecule has 3 aromatic rings. The van der Waals surface area contributed by atoms with Crippen molar-refractivity contribution in [3.63, 3.8) is 0 Å². The van der Waals surface area contributed by atoms with Crippen LogP contribution in [0.4, 0.5) is 10.8 Å². The zero-order valence-electron chi connectivity index (χ0n) is 17.6. The van der Waals surface area contributed by atoms with Crippen LogP contribution in [0.25, 0.3) is 0 Å². The fourth-order valence-electron chi connectivity index (χ4n) is 2.69. The van der Waals surface area contributed by atoms with Gasteiger partial charge in [-0.1, -0.05) is 46.8 Å². The molecule has 2 aromatic carbocycles. The molecule has 0 fully saturated rings. The summed E-state index contributed by atoms with van der Waals surface area (Å²) < 4.78 is 11.2. The Hall–Kier alpha value is -2.49. The summed E-state index contributed by atoms with van der Waals surface area (Å²) in [4.78, 5) is 12.5. The van der Waals surface area contributed by atoms with Gasteiger partial charge in [0.25, 0.3) is 0 Å². The zero-order valence-corrected chi connectivity index (χ0v) is 20.0. The van der Waals surface area contributed by atoms with Gasteiger partial charge in [0.2, 0.25) is 11.0 Å². The topological polar surface area (TPSA) is 85.4 Å². The van der Waals surface area contributed by atoms with Crippen molar-refractivity contribution in [2.45, 2.75) is 30.0 Å². The molecule has 164 valence electrons. The molecule has 1 aromatic heterocycles. The molecule has 0 aliphatic carbocycles. The summed E-state index contributed by atoms with van der Waals surface area (Å²) in [5.41, 5.74) is 2.74. The van der Waals surface area contributed by atoms with E-state index in [0.29, 0.717) is 32.5 Å². The van der Waals surface area contributed by atoms with Gasteiger partial charge in [0.05, 0.1) is 19.5 Å². The molecular weight excluding hydrogens is 456 g/mol. The summed E-state index contributed by atoms with van der Waals surface area (Å²) in [5.74, 6) is 1.19. The summed E-state index contributed by atoms with van der Waals surface area (Å²) in [6.07, 6.45) is 0. The van der Waals surface area contributed by atoms with Crippen LogP contribution in [0.1, 0.15) is 18.1 Å². The van der Waals surface area contributed by atoms with Gasteiger partial charge < -0.3 is 20.1 Å². The molecule has 0 saturated carbocycles. The molecule has 0 bridgehead atoms. The van der Waals surface area contributed by atoms with Crippen molar-refractivity contribution in [3.8, 4) is 11.5 Å². The molecule has 1 amide bonds. The monoisotopic (exact) mass is 478 g/mol. The van der Waals surface area contributed by atoms with Crippen molar-refractivity contribution in [3.05, 3.63) is 52.5 Å². The fourth-order valence-corrected chi connectivity index (χ4v) is 4.80. The van der Waals surface area contributed by atoms with E-state index in [-0.39, 0.29) is 11.2 Å². The van der Waals surface area contributed by atoms with Crippen LogP contribution in [-0.2, 0) is 11.3 Å². The highest BCUT2D eigenvalue weighted by atomic mass is 35.5. The summed E-state index contributed by atoms with van der Waals surface area (Å²) >= 11 is 8.91. The Morgan fingerprint density at radius 1 is 1.19 bits per heavy atom. The van der Waals surface area contributed by atoms with Gasteiger partial charge in [-0.05, 0) is 49.2 Å². The predicted octanol–water partition coefficient (Wildman–Crippen LogP) is 5.06. The minimum absolute atomic E-state index is 0.0878. The van der Waals surface area contributed by atoms with E-state index in [9.17, 15) is 4.79 Å². The highest BCUT2D eigenvalue weighted by molar-refractivity contribution is 8.02. The van der Waals surface area contributed by atoms with Crippen LogP contribution in [-0.4, -0.2) is 35.6 Å². The van der Waals surface area contributed by atoms with Crippen LogP contribution in [0.5, 0.6) is 11.5 Å². The number of thioether (sulfide) groups is 1. The van der Waals surface area contributed by atoms with Gasteiger partial charge >= 0.3 is 0 Å². The first-order valence-corrected chi connectivity index (χ1v) is 11.5. The molecule has 1 unspecified atom stereocenters. The molecule has 0 radical (unpaired) electrons. The van der Waals surface area contributed by atoms with Crippen LogP contribution in [0.15, 0.2) is 40.7 Å². The van der Waals surface area contributed by atoms with Gasteiger partial charge in [0.1, 0.15) is 0 Å². The lowest BCUT2D eigenvalue weighted by Crippen LogP contribution is -2.30. The highest BCUT2D eigenvalue weighted by Gasteiger charge is 2.17. The predicted molar refractivity (Wildman–Crippen MR) is 126 cm³/mol. The normalized spacial score (nSPS) is 11.6. The van der Waals surface area contributed by atoms with Crippen molar-refractivity contribution in [1.82, 2.24) is 15.5 Å². The number of amides is 1. The molecule has 10 heteroatoms. The number of carbonyl (C=O) groups is 1. The zero-order chi connectivity index (χ0) is 22.4. The second kappa shape index (κ2) is 10.7. The largest absolute Gasteiger partial charge is 0.493 e. The molecule has 0 spiro atoms. The quantitative estimate of drug-likeness (QED) is 0.416. The number of hydrogen-bond acceptors (Lipinski definition) is 8. The lowest BCUT2D eigenvalue weighted by atomic mass is 10.2. The van der Waals surface area contributed by atoms with Gasteiger partial charge in [0.15, 0.2) is 15.8 Å². The third-order valence-electron chi connectivity index (χ3n) is 4.48. The number of benzene rings is 2. The average Bonchev–Trinajstić information content (AvgIpc) is 3.21. The molecule has 0 saturated heterocycles. The Morgan fingerprint density at radius 2 is 1.97 bits per heavy atom. The third kappa shape index (κ3) is 6.03. The van der Waals surface area contributed by atoms with Gasteiger partial charge in [0, 0.05) is 17.3 Å². The van der Waals surface area contributed by atoms with Gasteiger partial charge in [-0.25, -0.2) is 0 Å². The lowest BCUT2D eigenvalue weighted by molar-refractivity contribution is -0.120. The maximum atomic E-state index is 12.5. The molecule has 31 heavy (non-hydrogen) atoms. The maximum absolute atomic E-state index is 12.5. The molecule has 1 atom stereocenters. The van der Waals surface area contributed by atoms with Crippen LogP contribution in [0, 0.1) is 6.92 Å². The fraction of sp³-hybridized carbons (Fsp3) is 0.286. The Morgan fingerprint density at radius 3 is 2.71 bits per heavy atom. The summed E-state index contributed by atoms with van der Waals surface area (Å²) in [6.45, 7) is 4.16. The van der Waals surface area contributed by atoms with E-state index >= 15 is 0 Å². The Labute approximate surface area is 194 Å². The van der Waals surface area contributed by atoms with Gasteiger partial charge in [-0.15, -0.1) is 10.2 Å². The minimum atomic E-state index is -0.325. The van der Waals surface area contributed by atoms with Crippen LogP contribution < -0.4 is 20.1 Å². The second-order valence-corrected chi connectivity index (χ2v) is 9.55. The van der Waals surface area contributed by atoms with Crippen LogP contribution in [0.2, 0.25) is 5.02 Å². The van der Waals surface area contributed by atoms with E-state index in [0.717, 1.165) is 16.8 Å². The van der Waals surface area contributed by atoms with Crippen molar-refractivity contribution in [1.29, 1.82) is 0 Å². The van der Waals surface area contributed by atoms with E-state index in [1.165, 1.54) is 23.1 Å². The number of methoxy groups -OCH3 is 2. The lowest BCUT2D eigenvalue weighted by Gasteiger charge is -2.12. The first-order chi connectivity index (χ1) is 14.9. The number of nitrogens with zero attached hydrogens (tertiary/aromatic N) is 2. The van der Waals surface area contributed by atoms with E-state index in [2.05, 4.69) is 20.8 Å². The minimum Gasteiger partial charge on any atom is -0.493 e. The standard InChI is InChI=1S/C21H23ClN4O3S2/c1-12-15(22)6-5-7-16(12)24-20-25-26-21(31-20)30-13(2)19(27)23-11-14-8-9-17(28-3)18(10-14)29-4/h5-10,13H,11H2,1-4H3,(H,23,27)(H,24,25). The van der Waals surface area contributed by atoms with E-state index in [1.54, 1.807) is 14.2 Å². The molecule has 0 aliphatic heterocycles. The third-order valence-corrected chi connectivity index (χ3v) is 6.91. The molecule has 3 rings (SSSR count). The van der Waals surface area contributed by atoms with E-state index in [1.807, 2.05) is 50.2 Å². The van der Waals surface area contributed by atoms with Gasteiger partial charge in [-0.3, -0.25) is 4.79 Å². The SMILES string of the molecule is COc1ccc(CNC(=O)C(C)Sc2nnc(Nc3cccc(Cl)c3C)s2)cc1OC. The molecule has 0 aliphatic rings. The number of halogens is 1. The summed E-state index contributed by atoms with van der Waals surface area (Å²) in [6, 6.07) is 11.2. The summed E-state index contributed by atoms with van der Waals surface area (Å²) in [5, 5.41) is 15.5.